The third kappa shape index (κ3) is 4.63. The summed E-state index contributed by atoms with van der Waals surface area (Å²) in [5.74, 6) is 0.874. The Kier molecular flexibility index (Phi) is 5.67. The van der Waals surface area contributed by atoms with E-state index in [1.165, 1.54) is 5.56 Å². The van der Waals surface area contributed by atoms with Crippen LogP contribution < -0.4 is 4.74 Å². The molecule has 2 nitrogen and oxygen atoms in total. The molecule has 0 N–H and O–H groups in total. The molecule has 0 aliphatic heterocycles. The molecule has 1 aromatic carbocycles. The molecule has 84 valence electrons. The van der Waals surface area contributed by atoms with Crippen LogP contribution in [0.5, 0.6) is 5.75 Å². The normalized spacial score (nSPS) is 12.5. The number of ether oxygens (including phenoxy) is 1. The molecule has 0 saturated carbocycles. The van der Waals surface area contributed by atoms with E-state index < -0.39 is 0 Å². The highest BCUT2D eigenvalue weighted by Crippen LogP contribution is 2.18. The molecule has 0 bridgehead atoms. The molecule has 3 heteroatoms. The standard InChI is InChI=1S/C12H19O2P/c1-3-4-8-12(14-15)13-11-7-5-6-10(2)9-11/h5-7,9,12H,3-4,8,15H2,1-2H3. The van der Waals surface area contributed by atoms with E-state index in [9.17, 15) is 0 Å². The summed E-state index contributed by atoms with van der Waals surface area (Å²) in [5, 5.41) is 0. The fourth-order valence-corrected chi connectivity index (χ4v) is 1.56. The fourth-order valence-electron chi connectivity index (χ4n) is 1.37. The number of aryl methyl sites for hydroxylation is 1. The summed E-state index contributed by atoms with van der Waals surface area (Å²) in [6.07, 6.45) is 3.04. The van der Waals surface area contributed by atoms with Crippen LogP contribution in [0.2, 0.25) is 0 Å². The Labute approximate surface area is 94.3 Å². The van der Waals surface area contributed by atoms with E-state index in [2.05, 4.69) is 29.4 Å². The maximum Gasteiger partial charge on any atom is 0.202 e. The van der Waals surface area contributed by atoms with Crippen LogP contribution in [0.4, 0.5) is 0 Å². The summed E-state index contributed by atoms with van der Waals surface area (Å²) in [5.41, 5.74) is 1.20. The molecule has 0 aliphatic carbocycles. The first-order valence-electron chi connectivity index (χ1n) is 5.35. The molecule has 0 spiro atoms. The molecule has 0 aliphatic rings. The Bertz CT molecular complexity index is 289. The average molecular weight is 226 g/mol. The van der Waals surface area contributed by atoms with Crippen molar-refractivity contribution in [1.29, 1.82) is 0 Å². The number of benzene rings is 1. The van der Waals surface area contributed by atoms with E-state index >= 15 is 0 Å². The van der Waals surface area contributed by atoms with Gasteiger partial charge in [0.25, 0.3) is 0 Å². The first kappa shape index (κ1) is 12.5. The summed E-state index contributed by atoms with van der Waals surface area (Å²) in [6, 6.07) is 8.01. The van der Waals surface area contributed by atoms with Gasteiger partial charge in [-0.25, -0.2) is 0 Å². The number of hydrogen-bond donors (Lipinski definition) is 0. The fraction of sp³-hybridized carbons (Fsp3) is 0.500. The smallest absolute Gasteiger partial charge is 0.202 e. The second-order valence-electron chi connectivity index (χ2n) is 3.64. The lowest BCUT2D eigenvalue weighted by Gasteiger charge is -2.17. The summed E-state index contributed by atoms with van der Waals surface area (Å²) in [6.45, 7) is 4.21. The zero-order valence-electron chi connectivity index (χ0n) is 9.40. The Morgan fingerprint density at radius 2 is 2.20 bits per heavy atom. The van der Waals surface area contributed by atoms with Gasteiger partial charge < -0.3 is 9.26 Å². The second-order valence-corrected chi connectivity index (χ2v) is 3.91. The molecule has 0 radical (unpaired) electrons. The van der Waals surface area contributed by atoms with Crippen molar-refractivity contribution >= 4 is 9.47 Å². The predicted molar refractivity (Wildman–Crippen MR) is 65.9 cm³/mol. The highest BCUT2D eigenvalue weighted by Gasteiger charge is 2.07. The molecular formula is C12H19O2P. The van der Waals surface area contributed by atoms with Crippen molar-refractivity contribution in [2.24, 2.45) is 0 Å². The lowest BCUT2D eigenvalue weighted by molar-refractivity contribution is 0.0131. The van der Waals surface area contributed by atoms with Crippen LogP contribution in [0.15, 0.2) is 24.3 Å². The van der Waals surface area contributed by atoms with Crippen molar-refractivity contribution in [1.82, 2.24) is 0 Å². The quantitative estimate of drug-likeness (QED) is 0.544. The van der Waals surface area contributed by atoms with Gasteiger partial charge in [0.2, 0.25) is 6.29 Å². The topological polar surface area (TPSA) is 18.5 Å². The molecule has 2 unspecified atom stereocenters. The Morgan fingerprint density at radius 3 is 2.80 bits per heavy atom. The van der Waals surface area contributed by atoms with Gasteiger partial charge in [-0.1, -0.05) is 25.5 Å². The van der Waals surface area contributed by atoms with E-state index in [0.717, 1.165) is 25.0 Å². The Hall–Kier alpha value is -0.590. The van der Waals surface area contributed by atoms with Crippen LogP contribution in [0.1, 0.15) is 31.7 Å². The van der Waals surface area contributed by atoms with Gasteiger partial charge in [0.1, 0.15) is 5.75 Å². The van der Waals surface area contributed by atoms with Gasteiger partial charge in [-0.3, -0.25) is 0 Å². The SMILES string of the molecule is CCCCC(OP)Oc1cccc(C)c1. The third-order valence-corrected chi connectivity index (χ3v) is 2.51. The highest BCUT2D eigenvalue weighted by atomic mass is 31.0. The molecular weight excluding hydrogens is 207 g/mol. The van der Waals surface area contributed by atoms with Crippen LogP contribution in [0.3, 0.4) is 0 Å². The van der Waals surface area contributed by atoms with E-state index in [0.29, 0.717) is 0 Å². The summed E-state index contributed by atoms with van der Waals surface area (Å²) >= 11 is 0. The highest BCUT2D eigenvalue weighted by molar-refractivity contribution is 7.09. The predicted octanol–water partition coefficient (Wildman–Crippen LogP) is 3.70. The minimum absolute atomic E-state index is 0.156. The van der Waals surface area contributed by atoms with Gasteiger partial charge in [0.15, 0.2) is 0 Å². The van der Waals surface area contributed by atoms with Gasteiger partial charge in [0, 0.05) is 15.9 Å². The third-order valence-electron chi connectivity index (χ3n) is 2.20. The minimum Gasteiger partial charge on any atom is -0.465 e. The largest absolute Gasteiger partial charge is 0.465 e. The maximum absolute atomic E-state index is 5.70. The van der Waals surface area contributed by atoms with Crippen molar-refractivity contribution in [2.75, 3.05) is 0 Å². The van der Waals surface area contributed by atoms with Gasteiger partial charge in [0.05, 0.1) is 0 Å². The minimum atomic E-state index is -0.156. The van der Waals surface area contributed by atoms with E-state index in [1.54, 1.807) is 0 Å². The maximum atomic E-state index is 5.70. The lowest BCUT2D eigenvalue weighted by atomic mass is 10.2. The lowest BCUT2D eigenvalue weighted by Crippen LogP contribution is -2.16. The number of unbranched alkanes of at least 4 members (excludes halogenated alkanes) is 1. The summed E-state index contributed by atoms with van der Waals surface area (Å²) in [4.78, 5) is 0. The zero-order chi connectivity index (χ0) is 11.1. The molecule has 15 heavy (non-hydrogen) atoms. The van der Waals surface area contributed by atoms with Crippen molar-refractivity contribution < 1.29 is 9.26 Å². The van der Waals surface area contributed by atoms with Crippen molar-refractivity contribution in [3.8, 4) is 5.75 Å². The van der Waals surface area contributed by atoms with Gasteiger partial charge >= 0.3 is 0 Å². The van der Waals surface area contributed by atoms with Gasteiger partial charge in [-0.15, -0.1) is 0 Å². The van der Waals surface area contributed by atoms with E-state index in [4.69, 9.17) is 9.26 Å². The van der Waals surface area contributed by atoms with Gasteiger partial charge in [-0.2, -0.15) is 0 Å². The van der Waals surface area contributed by atoms with Crippen LogP contribution in [-0.2, 0) is 4.52 Å². The van der Waals surface area contributed by atoms with Crippen LogP contribution in [0.25, 0.3) is 0 Å². The molecule has 0 heterocycles. The van der Waals surface area contributed by atoms with Crippen molar-refractivity contribution in [3.63, 3.8) is 0 Å². The second kappa shape index (κ2) is 6.81. The Balaban J connectivity index is 2.50. The monoisotopic (exact) mass is 226 g/mol. The molecule has 2 atom stereocenters. The van der Waals surface area contributed by atoms with Crippen molar-refractivity contribution in [3.05, 3.63) is 29.8 Å². The number of hydrogen-bond acceptors (Lipinski definition) is 2. The Morgan fingerprint density at radius 1 is 1.40 bits per heavy atom. The summed E-state index contributed by atoms with van der Waals surface area (Å²) < 4.78 is 10.9. The van der Waals surface area contributed by atoms with Crippen LogP contribution >= 0.6 is 9.47 Å². The number of rotatable bonds is 6. The van der Waals surface area contributed by atoms with Crippen molar-refractivity contribution in [2.45, 2.75) is 39.4 Å². The molecule has 0 fully saturated rings. The zero-order valence-corrected chi connectivity index (χ0v) is 10.6. The molecule has 0 aromatic heterocycles. The first-order valence-corrected chi connectivity index (χ1v) is 5.82. The van der Waals surface area contributed by atoms with E-state index in [-0.39, 0.29) is 6.29 Å². The molecule has 1 aromatic rings. The molecule has 0 amide bonds. The van der Waals surface area contributed by atoms with Crippen LogP contribution in [0, 0.1) is 6.92 Å². The first-order chi connectivity index (χ1) is 7.26. The molecule has 1 rings (SSSR count). The van der Waals surface area contributed by atoms with Crippen LogP contribution in [-0.4, -0.2) is 6.29 Å². The molecule has 0 saturated heterocycles. The van der Waals surface area contributed by atoms with E-state index in [1.807, 2.05) is 18.2 Å². The average Bonchev–Trinajstić information content (AvgIpc) is 2.24. The summed E-state index contributed by atoms with van der Waals surface area (Å²) in [7, 11) is 2.27. The van der Waals surface area contributed by atoms with Gasteiger partial charge in [-0.05, 0) is 31.0 Å².